The molecular formula is C42H32Cl2N12O6S2. The van der Waals surface area contributed by atoms with Crippen LogP contribution in [0.15, 0.2) is 133 Å². The van der Waals surface area contributed by atoms with Crippen LogP contribution >= 0.6 is 24.4 Å². The van der Waals surface area contributed by atoms with Crippen LogP contribution < -0.4 is 55.3 Å². The molecule has 2 heterocycles. The van der Waals surface area contributed by atoms with Gasteiger partial charge >= 0.3 is 11.6 Å². The Kier molecular flexibility index (Phi) is 13.6. The third-order valence-corrected chi connectivity index (χ3v) is 10.1. The van der Waals surface area contributed by atoms with Crippen LogP contribution in [0.25, 0.3) is 56.7 Å². The summed E-state index contributed by atoms with van der Waals surface area (Å²) in [6, 6.07) is 37.2. The van der Waals surface area contributed by atoms with Gasteiger partial charge in [0.15, 0.2) is 34.2 Å². The molecule has 322 valence electrons. The molecule has 2 aromatic heterocycles. The maximum atomic E-state index is 11.4. The van der Waals surface area contributed by atoms with Gasteiger partial charge in [0.2, 0.25) is 0 Å². The maximum Gasteiger partial charge on any atom is 0.340 e. The number of nitro benzene ring substituents is 2. The van der Waals surface area contributed by atoms with Gasteiger partial charge in [0.1, 0.15) is 9.98 Å². The molecule has 0 radical (unpaired) electrons. The highest BCUT2D eigenvalue weighted by Crippen LogP contribution is 2.34. The summed E-state index contributed by atoms with van der Waals surface area (Å²) in [7, 11) is 3.07. The van der Waals surface area contributed by atoms with E-state index in [0.717, 1.165) is 11.1 Å². The van der Waals surface area contributed by atoms with Crippen molar-refractivity contribution in [3.63, 3.8) is 0 Å². The molecule has 8 aromatic rings. The summed E-state index contributed by atoms with van der Waals surface area (Å²) in [4.78, 5) is 28.6. The fourth-order valence-electron chi connectivity index (χ4n) is 6.47. The SMILES string of the molecule is COc1cc(-c2ccc(-n3nc(-c4ccc(C(N)=S)cc4)n[n+]3-c3ccc([N+](=O)[O-])cc3)c(OC)c2)ccc1-n1nc(-c2ccc(C(N)=S)cc2)n[n+]1-c1ccc([N+](=O)[O-])cc1.[Cl-].[Cl-]. The van der Waals surface area contributed by atoms with Crippen molar-refractivity contribution in [2.75, 3.05) is 14.2 Å². The normalized spacial score (nSPS) is 10.6. The Morgan fingerprint density at radius 2 is 0.875 bits per heavy atom. The van der Waals surface area contributed by atoms with E-state index in [1.807, 2.05) is 36.4 Å². The minimum Gasteiger partial charge on any atom is -1.00 e. The molecule has 0 aliphatic heterocycles. The number of tetrazole rings is 2. The number of hydrogen-bond donors (Lipinski definition) is 2. The van der Waals surface area contributed by atoms with Crippen molar-refractivity contribution in [1.82, 2.24) is 30.0 Å². The predicted octanol–water partition coefficient (Wildman–Crippen LogP) is -0.488. The Morgan fingerprint density at radius 1 is 0.547 bits per heavy atom. The second-order valence-electron chi connectivity index (χ2n) is 13.4. The lowest BCUT2D eigenvalue weighted by molar-refractivity contribution is -0.734. The molecule has 0 spiro atoms. The van der Waals surface area contributed by atoms with Gasteiger partial charge in [-0.25, -0.2) is 0 Å². The van der Waals surface area contributed by atoms with Crippen molar-refractivity contribution in [1.29, 1.82) is 0 Å². The highest BCUT2D eigenvalue weighted by Gasteiger charge is 2.29. The Labute approximate surface area is 386 Å². The van der Waals surface area contributed by atoms with Crippen LogP contribution in [0.2, 0.25) is 0 Å². The van der Waals surface area contributed by atoms with Gasteiger partial charge in [-0.3, -0.25) is 20.2 Å². The number of nitro groups is 2. The molecule has 64 heavy (non-hydrogen) atoms. The van der Waals surface area contributed by atoms with E-state index >= 15 is 0 Å². The number of hydrogen-bond acceptors (Lipinski definition) is 12. The molecule has 6 aromatic carbocycles. The van der Waals surface area contributed by atoms with Crippen molar-refractivity contribution in [2.45, 2.75) is 0 Å². The predicted molar refractivity (Wildman–Crippen MR) is 234 cm³/mol. The quantitative estimate of drug-likeness (QED) is 0.0645. The minimum atomic E-state index is -0.475. The van der Waals surface area contributed by atoms with Gasteiger partial charge in [0, 0.05) is 45.0 Å². The van der Waals surface area contributed by atoms with E-state index in [-0.39, 0.29) is 46.2 Å². The van der Waals surface area contributed by atoms with Gasteiger partial charge in [0.25, 0.3) is 11.4 Å². The zero-order valence-electron chi connectivity index (χ0n) is 33.4. The van der Waals surface area contributed by atoms with Crippen LogP contribution in [0.3, 0.4) is 0 Å². The molecule has 18 nitrogen and oxygen atoms in total. The molecule has 0 unspecified atom stereocenters. The first kappa shape index (κ1) is 45.7. The average molecular weight is 936 g/mol. The Balaban J connectivity index is 0.00000340. The number of aromatic nitrogens is 8. The summed E-state index contributed by atoms with van der Waals surface area (Å²) in [5, 5.41) is 42.1. The highest BCUT2D eigenvalue weighted by molar-refractivity contribution is 7.80. The van der Waals surface area contributed by atoms with Crippen LogP contribution in [-0.4, -0.2) is 64.0 Å². The van der Waals surface area contributed by atoms with E-state index < -0.39 is 9.85 Å². The minimum absolute atomic E-state index is 0. The standard InChI is InChI=1S/C42H30N12O6S2.2ClH/c1-59-37-23-29(11-21-35(37)51-47-41(27-7-3-25(4-8-27)39(43)61)45-49(51)31-13-17-33(18-14-31)53(55)56)30-12-22-36(38(24-30)60-2)52-48-42(28-9-5-26(6-10-28)40(44)62)46-50(52)32-15-19-34(20-16-32)54(57)58;;/h3-24H,1-2H3,(H2-2,43,44,61,62);2*1H. The van der Waals surface area contributed by atoms with Gasteiger partial charge in [-0.1, -0.05) is 60.8 Å². The highest BCUT2D eigenvalue weighted by atomic mass is 35.5. The van der Waals surface area contributed by atoms with Crippen LogP contribution in [0.4, 0.5) is 11.4 Å². The van der Waals surface area contributed by atoms with E-state index in [0.29, 0.717) is 68.2 Å². The first-order valence-electron chi connectivity index (χ1n) is 18.4. The van der Waals surface area contributed by atoms with E-state index in [9.17, 15) is 20.2 Å². The number of nitrogens with two attached hydrogens (primary N) is 2. The first-order valence-corrected chi connectivity index (χ1v) is 19.2. The molecule has 0 amide bonds. The smallest absolute Gasteiger partial charge is 0.340 e. The molecular weight excluding hydrogens is 904 g/mol. The molecule has 0 aliphatic rings. The second kappa shape index (κ2) is 19.1. The summed E-state index contributed by atoms with van der Waals surface area (Å²) < 4.78 is 11.9. The van der Waals surface area contributed by atoms with Gasteiger partial charge in [-0.2, -0.15) is 0 Å². The monoisotopic (exact) mass is 934 g/mol. The molecule has 0 bridgehead atoms. The lowest BCUT2D eigenvalue weighted by Gasteiger charge is -2.11. The largest absolute Gasteiger partial charge is 1.00 e. The molecule has 22 heteroatoms. The third-order valence-electron chi connectivity index (χ3n) is 9.68. The van der Waals surface area contributed by atoms with Crippen molar-refractivity contribution in [3.8, 4) is 68.2 Å². The van der Waals surface area contributed by atoms with E-state index in [2.05, 4.69) is 0 Å². The first-order chi connectivity index (χ1) is 29.9. The second-order valence-corrected chi connectivity index (χ2v) is 14.3. The van der Waals surface area contributed by atoms with Crippen molar-refractivity contribution in [2.24, 2.45) is 11.5 Å². The number of nitrogens with zero attached hydrogens (tertiary/aromatic N) is 10. The van der Waals surface area contributed by atoms with Crippen molar-refractivity contribution >= 4 is 45.8 Å². The van der Waals surface area contributed by atoms with Crippen molar-refractivity contribution in [3.05, 3.63) is 165 Å². The van der Waals surface area contributed by atoms with E-state index in [1.165, 1.54) is 48.1 Å². The number of benzene rings is 6. The Morgan fingerprint density at radius 3 is 1.17 bits per heavy atom. The lowest BCUT2D eigenvalue weighted by atomic mass is 10.0. The number of non-ortho nitro benzene ring substituents is 2. The fourth-order valence-corrected chi connectivity index (χ4v) is 6.74. The Hall–Kier alpha value is -7.78. The number of thiocarbonyl (C=S) groups is 2. The molecule has 0 aliphatic carbocycles. The van der Waals surface area contributed by atoms with Gasteiger partial charge in [0.05, 0.1) is 45.4 Å². The zero-order valence-corrected chi connectivity index (χ0v) is 36.5. The molecule has 4 N–H and O–H groups in total. The van der Waals surface area contributed by atoms with Crippen LogP contribution in [0.1, 0.15) is 11.1 Å². The van der Waals surface area contributed by atoms with Crippen LogP contribution in [-0.2, 0) is 0 Å². The summed E-state index contributed by atoms with van der Waals surface area (Å²) in [5.74, 6) is 1.56. The molecule has 8 rings (SSSR count). The third kappa shape index (κ3) is 9.06. The number of ether oxygens (including phenoxy) is 2. The van der Waals surface area contributed by atoms with E-state index in [1.54, 1.807) is 82.4 Å². The van der Waals surface area contributed by atoms with E-state index in [4.69, 9.17) is 65.8 Å². The summed E-state index contributed by atoms with van der Waals surface area (Å²) in [6.07, 6.45) is 0. The van der Waals surface area contributed by atoms with Crippen molar-refractivity contribution < 1.29 is 53.7 Å². The number of halogens is 2. The van der Waals surface area contributed by atoms with Gasteiger partial charge in [-0.15, -0.1) is 0 Å². The lowest BCUT2D eigenvalue weighted by Crippen LogP contribution is -3.00. The number of methoxy groups -OCH3 is 2. The average Bonchev–Trinajstić information content (AvgIpc) is 3.95. The number of rotatable bonds is 13. The summed E-state index contributed by atoms with van der Waals surface area (Å²) >= 11 is 10.2. The molecule has 0 saturated heterocycles. The van der Waals surface area contributed by atoms with Crippen LogP contribution in [0, 0.1) is 20.2 Å². The fraction of sp³-hybridized carbons (Fsp3) is 0.0476. The van der Waals surface area contributed by atoms with Gasteiger partial charge in [-0.05, 0) is 104 Å². The molecule has 0 fully saturated rings. The zero-order chi connectivity index (χ0) is 43.7. The molecule has 0 atom stereocenters. The maximum absolute atomic E-state index is 11.4. The summed E-state index contributed by atoms with van der Waals surface area (Å²) in [5.41, 5.74) is 17.7. The molecule has 0 saturated carbocycles. The van der Waals surface area contributed by atoms with Crippen LogP contribution in [0.5, 0.6) is 11.5 Å². The topological polar surface area (TPSA) is 226 Å². The van der Waals surface area contributed by atoms with Gasteiger partial charge < -0.3 is 45.8 Å². The summed E-state index contributed by atoms with van der Waals surface area (Å²) in [6.45, 7) is 0. The Bertz CT molecular complexity index is 2850.